The zero-order valence-electron chi connectivity index (χ0n) is 14.5. The van der Waals surface area contributed by atoms with E-state index in [0.717, 1.165) is 16.9 Å². The van der Waals surface area contributed by atoms with E-state index in [4.69, 9.17) is 4.74 Å². The molecule has 3 heterocycles. The summed E-state index contributed by atoms with van der Waals surface area (Å²) in [5, 5.41) is 2.87. The summed E-state index contributed by atoms with van der Waals surface area (Å²) in [4.78, 5) is 48.2. The van der Waals surface area contributed by atoms with Gasteiger partial charge in [0.1, 0.15) is 11.4 Å². The van der Waals surface area contributed by atoms with E-state index in [2.05, 4.69) is 25.3 Å². The Hall–Kier alpha value is -3.49. The van der Waals surface area contributed by atoms with Crippen molar-refractivity contribution in [2.45, 2.75) is 20.4 Å². The number of amides is 1. The molecule has 0 unspecified atom stereocenters. The first-order valence-corrected chi connectivity index (χ1v) is 7.80. The molecule has 3 rings (SSSR count). The van der Waals surface area contributed by atoms with Gasteiger partial charge in [-0.2, -0.15) is 0 Å². The van der Waals surface area contributed by atoms with Gasteiger partial charge in [0.25, 0.3) is 11.5 Å². The summed E-state index contributed by atoms with van der Waals surface area (Å²) in [6, 6.07) is 1.38. The second kappa shape index (κ2) is 6.79. The molecule has 0 aliphatic heterocycles. The van der Waals surface area contributed by atoms with Gasteiger partial charge in [0.2, 0.25) is 0 Å². The smallest absolute Gasteiger partial charge is 0.327 e. The number of aromatic amines is 2. The van der Waals surface area contributed by atoms with Gasteiger partial charge in [-0.25, -0.2) is 9.78 Å². The van der Waals surface area contributed by atoms with Gasteiger partial charge in [-0.15, -0.1) is 0 Å². The molecule has 0 fully saturated rings. The van der Waals surface area contributed by atoms with E-state index in [9.17, 15) is 14.4 Å². The van der Waals surface area contributed by atoms with Gasteiger partial charge in [0.05, 0.1) is 30.3 Å². The van der Waals surface area contributed by atoms with Crippen molar-refractivity contribution < 1.29 is 9.53 Å². The minimum absolute atomic E-state index is 0.121. The third kappa shape index (κ3) is 3.18. The summed E-state index contributed by atoms with van der Waals surface area (Å²) in [6.07, 6.45) is 2.98. The SMILES string of the molecule is COc1c(C)cnc(CNC(=O)c2cnc3[nH]c(=O)[nH]c(=O)c3c2)c1C. The Morgan fingerprint density at radius 1 is 1.19 bits per heavy atom. The number of ether oxygens (including phenoxy) is 1. The fraction of sp³-hybridized carbons (Fsp3) is 0.235. The molecule has 134 valence electrons. The topological polar surface area (TPSA) is 130 Å². The highest BCUT2D eigenvalue weighted by Gasteiger charge is 2.13. The van der Waals surface area contributed by atoms with E-state index in [1.165, 1.54) is 12.3 Å². The average Bonchev–Trinajstić information content (AvgIpc) is 2.61. The van der Waals surface area contributed by atoms with Crippen LogP contribution in [0.2, 0.25) is 0 Å². The monoisotopic (exact) mass is 355 g/mol. The zero-order chi connectivity index (χ0) is 18.8. The lowest BCUT2D eigenvalue weighted by Gasteiger charge is -2.12. The quantitative estimate of drug-likeness (QED) is 0.627. The number of hydrogen-bond acceptors (Lipinski definition) is 6. The molecule has 0 bridgehead atoms. The summed E-state index contributed by atoms with van der Waals surface area (Å²) in [5.41, 5.74) is 1.50. The Kier molecular flexibility index (Phi) is 4.53. The fourth-order valence-electron chi connectivity index (χ4n) is 2.69. The maximum atomic E-state index is 12.4. The van der Waals surface area contributed by atoms with Crippen LogP contribution in [0.1, 0.15) is 27.2 Å². The Labute approximate surface area is 147 Å². The first kappa shape index (κ1) is 17.3. The number of nitrogens with one attached hydrogen (secondary N) is 3. The van der Waals surface area contributed by atoms with Crippen molar-refractivity contribution >= 4 is 16.9 Å². The van der Waals surface area contributed by atoms with Crippen LogP contribution in [0, 0.1) is 13.8 Å². The normalized spacial score (nSPS) is 10.7. The molecule has 3 N–H and O–H groups in total. The van der Waals surface area contributed by atoms with E-state index in [1.54, 1.807) is 13.3 Å². The van der Waals surface area contributed by atoms with Crippen LogP contribution in [-0.2, 0) is 6.54 Å². The predicted molar refractivity (Wildman–Crippen MR) is 94.4 cm³/mol. The molecule has 0 radical (unpaired) electrons. The van der Waals surface area contributed by atoms with Crippen LogP contribution in [0.25, 0.3) is 11.0 Å². The lowest BCUT2D eigenvalue weighted by Crippen LogP contribution is -2.26. The van der Waals surface area contributed by atoms with Gasteiger partial charge in [-0.3, -0.25) is 24.5 Å². The first-order valence-electron chi connectivity index (χ1n) is 7.80. The second-order valence-corrected chi connectivity index (χ2v) is 5.76. The van der Waals surface area contributed by atoms with Crippen LogP contribution >= 0.6 is 0 Å². The average molecular weight is 355 g/mol. The third-order valence-electron chi connectivity index (χ3n) is 4.02. The molecule has 9 heteroatoms. The minimum atomic E-state index is -0.651. The number of carbonyl (C=O) groups excluding carboxylic acids is 1. The van der Waals surface area contributed by atoms with E-state index < -0.39 is 17.2 Å². The standard InChI is InChI=1S/C17H17N5O4/c1-8-5-18-12(9(2)13(8)26-3)7-20-15(23)10-4-11-14(19-6-10)21-17(25)22-16(11)24/h4-6H,7H2,1-3H3,(H,20,23)(H2,19,21,22,24,25). The number of rotatable bonds is 4. The van der Waals surface area contributed by atoms with Crippen LogP contribution in [0.3, 0.4) is 0 Å². The Balaban J connectivity index is 1.84. The van der Waals surface area contributed by atoms with Crippen molar-refractivity contribution in [3.05, 3.63) is 61.7 Å². The number of nitrogens with zero attached hydrogens (tertiary/aromatic N) is 2. The van der Waals surface area contributed by atoms with Crippen molar-refractivity contribution in [2.24, 2.45) is 0 Å². The highest BCUT2D eigenvalue weighted by atomic mass is 16.5. The number of aromatic nitrogens is 4. The van der Waals surface area contributed by atoms with Crippen molar-refractivity contribution in [1.82, 2.24) is 25.3 Å². The van der Waals surface area contributed by atoms with Crippen LogP contribution < -0.4 is 21.3 Å². The summed E-state index contributed by atoms with van der Waals surface area (Å²) in [5.74, 6) is 0.317. The summed E-state index contributed by atoms with van der Waals surface area (Å²) < 4.78 is 5.35. The van der Waals surface area contributed by atoms with Crippen LogP contribution in [0.4, 0.5) is 0 Å². The van der Waals surface area contributed by atoms with E-state index >= 15 is 0 Å². The molecule has 0 aromatic carbocycles. The lowest BCUT2D eigenvalue weighted by atomic mass is 10.1. The van der Waals surface area contributed by atoms with Crippen molar-refractivity contribution in [3.63, 3.8) is 0 Å². The van der Waals surface area contributed by atoms with Crippen molar-refractivity contribution in [1.29, 1.82) is 0 Å². The molecule has 0 atom stereocenters. The molecule has 3 aromatic heterocycles. The van der Waals surface area contributed by atoms with Gasteiger partial charge < -0.3 is 10.1 Å². The molecule has 0 saturated heterocycles. The summed E-state index contributed by atoms with van der Waals surface area (Å²) >= 11 is 0. The zero-order valence-corrected chi connectivity index (χ0v) is 14.5. The number of pyridine rings is 2. The lowest BCUT2D eigenvalue weighted by molar-refractivity contribution is 0.0950. The van der Waals surface area contributed by atoms with Gasteiger partial charge in [-0.05, 0) is 19.9 Å². The number of methoxy groups -OCH3 is 1. The maximum absolute atomic E-state index is 12.4. The van der Waals surface area contributed by atoms with Gasteiger partial charge in [0, 0.05) is 23.5 Å². The third-order valence-corrected chi connectivity index (χ3v) is 4.02. The van der Waals surface area contributed by atoms with Crippen molar-refractivity contribution in [2.75, 3.05) is 7.11 Å². The van der Waals surface area contributed by atoms with Gasteiger partial charge in [0.15, 0.2) is 0 Å². The minimum Gasteiger partial charge on any atom is -0.496 e. The summed E-state index contributed by atoms with van der Waals surface area (Å²) in [6.45, 7) is 3.96. The van der Waals surface area contributed by atoms with Crippen LogP contribution in [0.15, 0.2) is 28.0 Å². The number of H-pyrrole nitrogens is 2. The molecule has 1 amide bonds. The Bertz CT molecular complexity index is 1120. The molecule has 0 saturated carbocycles. The number of carbonyl (C=O) groups is 1. The fourth-order valence-corrected chi connectivity index (χ4v) is 2.69. The van der Waals surface area contributed by atoms with E-state index in [1.807, 2.05) is 13.8 Å². The van der Waals surface area contributed by atoms with E-state index in [-0.39, 0.29) is 23.1 Å². The van der Waals surface area contributed by atoms with Crippen LogP contribution in [0.5, 0.6) is 5.75 Å². The largest absolute Gasteiger partial charge is 0.496 e. The Morgan fingerprint density at radius 2 is 1.96 bits per heavy atom. The molecular formula is C17H17N5O4. The molecule has 3 aromatic rings. The number of hydrogen-bond donors (Lipinski definition) is 3. The molecule has 0 spiro atoms. The molecule has 0 aliphatic rings. The molecule has 0 aliphatic carbocycles. The summed E-state index contributed by atoms with van der Waals surface area (Å²) in [7, 11) is 1.58. The van der Waals surface area contributed by atoms with Crippen LogP contribution in [-0.4, -0.2) is 33.0 Å². The highest BCUT2D eigenvalue weighted by Crippen LogP contribution is 2.23. The van der Waals surface area contributed by atoms with Gasteiger partial charge >= 0.3 is 5.69 Å². The maximum Gasteiger partial charge on any atom is 0.327 e. The molecule has 9 nitrogen and oxygen atoms in total. The Morgan fingerprint density at radius 3 is 2.69 bits per heavy atom. The number of aryl methyl sites for hydroxylation is 1. The first-order chi connectivity index (χ1) is 12.4. The van der Waals surface area contributed by atoms with Crippen molar-refractivity contribution in [3.8, 4) is 5.75 Å². The number of fused-ring (bicyclic) bond motifs is 1. The molecule has 26 heavy (non-hydrogen) atoms. The second-order valence-electron chi connectivity index (χ2n) is 5.76. The van der Waals surface area contributed by atoms with Gasteiger partial charge in [-0.1, -0.05) is 0 Å². The van der Waals surface area contributed by atoms with E-state index in [0.29, 0.717) is 5.69 Å². The highest BCUT2D eigenvalue weighted by molar-refractivity contribution is 5.96. The molecular weight excluding hydrogens is 338 g/mol. The predicted octanol–water partition coefficient (Wildman–Crippen LogP) is 0.562.